The number of amides is 1. The number of aromatic amines is 1. The molecule has 2 heterocycles. The fraction of sp³-hybridized carbons (Fsp3) is 0.318. The largest absolute Gasteiger partial charge is 0.495 e. The maximum absolute atomic E-state index is 12.7. The zero-order chi connectivity index (χ0) is 21.1. The number of anilines is 1. The zero-order valence-electron chi connectivity index (χ0n) is 16.8. The van der Waals surface area contributed by atoms with Crippen molar-refractivity contribution in [2.24, 2.45) is 0 Å². The monoisotopic (exact) mass is 424 g/mol. The van der Waals surface area contributed by atoms with Gasteiger partial charge in [0.2, 0.25) is 5.91 Å². The molecule has 1 amide bonds. The molecule has 0 unspecified atom stereocenters. The summed E-state index contributed by atoms with van der Waals surface area (Å²) in [6, 6.07) is 15.2. The number of hydrogen-bond acceptors (Lipinski definition) is 5. The molecule has 0 aliphatic carbocycles. The summed E-state index contributed by atoms with van der Waals surface area (Å²) < 4.78 is 7.26. The molecule has 2 aromatic carbocycles. The third-order valence-electron chi connectivity index (χ3n) is 5.50. The molecule has 1 aliphatic heterocycles. The lowest BCUT2D eigenvalue weighted by molar-refractivity contribution is -0.131. The first kappa shape index (κ1) is 20.2. The molecule has 7 nitrogen and oxygen atoms in total. The van der Waals surface area contributed by atoms with E-state index in [1.54, 1.807) is 13.2 Å². The fourth-order valence-corrected chi connectivity index (χ4v) is 4.14. The van der Waals surface area contributed by atoms with Crippen molar-refractivity contribution in [1.29, 1.82) is 0 Å². The van der Waals surface area contributed by atoms with Crippen LogP contribution in [0.25, 0.3) is 10.9 Å². The van der Waals surface area contributed by atoms with Crippen LogP contribution in [0.3, 0.4) is 0 Å². The van der Waals surface area contributed by atoms with Gasteiger partial charge in [-0.25, -0.2) is 0 Å². The summed E-state index contributed by atoms with van der Waals surface area (Å²) in [5, 5.41) is 0.573. The topological polar surface area (TPSA) is 70.6 Å². The van der Waals surface area contributed by atoms with E-state index in [9.17, 15) is 9.59 Å². The Bertz CT molecular complexity index is 1180. The van der Waals surface area contributed by atoms with Gasteiger partial charge >= 0.3 is 0 Å². The Morgan fingerprint density at radius 1 is 1.07 bits per heavy atom. The van der Waals surface area contributed by atoms with Crippen molar-refractivity contribution in [3.05, 3.63) is 63.7 Å². The summed E-state index contributed by atoms with van der Waals surface area (Å²) in [5.74, 6) is 0.867. The van der Waals surface area contributed by atoms with Gasteiger partial charge < -0.3 is 19.5 Å². The molecule has 1 saturated heterocycles. The van der Waals surface area contributed by atoms with Gasteiger partial charge in [0, 0.05) is 39.1 Å². The molecule has 3 aromatic rings. The lowest BCUT2D eigenvalue weighted by Gasteiger charge is -2.36. The average Bonchev–Trinajstić information content (AvgIpc) is 2.79. The maximum atomic E-state index is 12.7. The van der Waals surface area contributed by atoms with Gasteiger partial charge in [0.15, 0.2) is 4.77 Å². The number of methoxy groups -OCH3 is 1. The lowest BCUT2D eigenvalue weighted by atomic mass is 10.2. The number of H-pyrrole nitrogens is 1. The van der Waals surface area contributed by atoms with E-state index in [0.29, 0.717) is 28.8 Å². The Hall–Kier alpha value is -3.13. The number of hydrogen-bond donors (Lipinski definition) is 1. The van der Waals surface area contributed by atoms with Crippen LogP contribution >= 0.6 is 12.2 Å². The van der Waals surface area contributed by atoms with Gasteiger partial charge in [0.05, 0.1) is 23.7 Å². The Morgan fingerprint density at radius 2 is 1.77 bits per heavy atom. The summed E-state index contributed by atoms with van der Waals surface area (Å²) in [6.45, 7) is 3.02. The van der Waals surface area contributed by atoms with Crippen LogP contribution in [-0.4, -0.2) is 53.6 Å². The molecule has 0 saturated carbocycles. The third-order valence-corrected chi connectivity index (χ3v) is 5.82. The summed E-state index contributed by atoms with van der Waals surface area (Å²) in [7, 11) is 1.66. The highest BCUT2D eigenvalue weighted by atomic mass is 32.1. The second-order valence-corrected chi connectivity index (χ2v) is 7.61. The van der Waals surface area contributed by atoms with Crippen molar-refractivity contribution in [3.63, 3.8) is 0 Å². The number of para-hydroxylation sites is 3. The number of fused-ring (bicyclic) bond motifs is 1. The molecule has 0 atom stereocenters. The molecule has 0 bridgehead atoms. The molecule has 30 heavy (non-hydrogen) atoms. The summed E-state index contributed by atoms with van der Waals surface area (Å²) >= 11 is 5.33. The van der Waals surface area contributed by atoms with Gasteiger partial charge in [-0.1, -0.05) is 24.3 Å². The van der Waals surface area contributed by atoms with Crippen LogP contribution in [0.1, 0.15) is 6.42 Å². The SMILES string of the molecule is COc1ccccc1N1CCN(C(=O)CCn2c(=S)[nH]c3ccccc3c2=O)CC1. The first-order valence-corrected chi connectivity index (χ1v) is 10.4. The predicted octanol–water partition coefficient (Wildman–Crippen LogP) is 2.81. The van der Waals surface area contributed by atoms with E-state index in [0.717, 1.165) is 24.5 Å². The van der Waals surface area contributed by atoms with Gasteiger partial charge in [0.1, 0.15) is 5.75 Å². The summed E-state index contributed by atoms with van der Waals surface area (Å²) in [5.41, 5.74) is 1.59. The maximum Gasteiger partial charge on any atom is 0.262 e. The zero-order valence-corrected chi connectivity index (χ0v) is 17.7. The van der Waals surface area contributed by atoms with Crippen LogP contribution in [0.4, 0.5) is 5.69 Å². The van der Waals surface area contributed by atoms with Crippen molar-refractivity contribution in [3.8, 4) is 5.75 Å². The number of ether oxygens (including phenoxy) is 1. The minimum absolute atomic E-state index is 0.0316. The van der Waals surface area contributed by atoms with Crippen molar-refractivity contribution < 1.29 is 9.53 Å². The first-order valence-electron chi connectivity index (χ1n) is 9.96. The van der Waals surface area contributed by atoms with Crippen LogP contribution in [-0.2, 0) is 11.3 Å². The van der Waals surface area contributed by atoms with Crippen molar-refractivity contribution in [2.75, 3.05) is 38.2 Å². The molecule has 0 spiro atoms. The molecule has 156 valence electrons. The molecule has 1 aliphatic rings. The summed E-state index contributed by atoms with van der Waals surface area (Å²) in [4.78, 5) is 32.6. The molecule has 8 heteroatoms. The first-order chi connectivity index (χ1) is 14.6. The second-order valence-electron chi connectivity index (χ2n) is 7.22. The number of rotatable bonds is 5. The molecular weight excluding hydrogens is 400 g/mol. The smallest absolute Gasteiger partial charge is 0.262 e. The minimum Gasteiger partial charge on any atom is -0.495 e. The third kappa shape index (κ3) is 3.95. The van der Waals surface area contributed by atoms with Gasteiger partial charge in [0.25, 0.3) is 5.56 Å². The van der Waals surface area contributed by atoms with Crippen LogP contribution < -0.4 is 15.2 Å². The lowest BCUT2D eigenvalue weighted by Crippen LogP contribution is -2.49. The highest BCUT2D eigenvalue weighted by molar-refractivity contribution is 7.71. The van der Waals surface area contributed by atoms with E-state index in [1.165, 1.54) is 4.57 Å². The average molecular weight is 425 g/mol. The van der Waals surface area contributed by atoms with Crippen LogP contribution in [0, 0.1) is 4.77 Å². The van der Waals surface area contributed by atoms with Gasteiger partial charge in [-0.2, -0.15) is 0 Å². The number of carbonyl (C=O) groups is 1. The Balaban J connectivity index is 1.40. The van der Waals surface area contributed by atoms with Crippen LogP contribution in [0.15, 0.2) is 53.3 Å². The number of nitrogens with zero attached hydrogens (tertiary/aromatic N) is 3. The quantitative estimate of drug-likeness (QED) is 0.638. The molecular formula is C22H24N4O3S. The Labute approximate surface area is 179 Å². The molecule has 4 rings (SSSR count). The normalized spacial score (nSPS) is 14.2. The van der Waals surface area contributed by atoms with Gasteiger partial charge in [-0.3, -0.25) is 14.2 Å². The van der Waals surface area contributed by atoms with E-state index in [-0.39, 0.29) is 24.4 Å². The fourth-order valence-electron chi connectivity index (χ4n) is 3.86. The van der Waals surface area contributed by atoms with Crippen molar-refractivity contribution in [2.45, 2.75) is 13.0 Å². The predicted molar refractivity (Wildman–Crippen MR) is 120 cm³/mol. The highest BCUT2D eigenvalue weighted by Gasteiger charge is 2.23. The molecule has 0 radical (unpaired) electrons. The van der Waals surface area contributed by atoms with E-state index >= 15 is 0 Å². The van der Waals surface area contributed by atoms with Gasteiger partial charge in [-0.15, -0.1) is 0 Å². The standard InChI is InChI=1S/C22H24N4O3S/c1-29-19-9-5-4-8-18(19)24-12-14-25(15-13-24)20(27)10-11-26-21(28)16-6-2-3-7-17(16)23-22(26)30/h2-9H,10-15H2,1H3,(H,23,30). The Morgan fingerprint density at radius 3 is 2.53 bits per heavy atom. The van der Waals surface area contributed by atoms with Crippen LogP contribution in [0.2, 0.25) is 0 Å². The van der Waals surface area contributed by atoms with Crippen LogP contribution in [0.5, 0.6) is 5.75 Å². The number of benzene rings is 2. The van der Waals surface area contributed by atoms with Gasteiger partial charge in [-0.05, 0) is 36.5 Å². The van der Waals surface area contributed by atoms with E-state index < -0.39 is 0 Å². The van der Waals surface area contributed by atoms with Crippen molar-refractivity contribution >= 4 is 34.7 Å². The highest BCUT2D eigenvalue weighted by Crippen LogP contribution is 2.28. The number of aromatic nitrogens is 2. The summed E-state index contributed by atoms with van der Waals surface area (Å²) in [6.07, 6.45) is 0.240. The molecule has 1 fully saturated rings. The number of carbonyl (C=O) groups excluding carboxylic acids is 1. The Kier molecular flexibility index (Phi) is 5.85. The van der Waals surface area contributed by atoms with E-state index in [1.807, 2.05) is 47.4 Å². The second kappa shape index (κ2) is 8.71. The van der Waals surface area contributed by atoms with Crippen molar-refractivity contribution in [1.82, 2.24) is 14.5 Å². The number of nitrogens with one attached hydrogen (secondary N) is 1. The van der Waals surface area contributed by atoms with E-state index in [2.05, 4.69) is 9.88 Å². The van der Waals surface area contributed by atoms with E-state index in [4.69, 9.17) is 17.0 Å². The molecule has 1 N–H and O–H groups in total. The number of piperazine rings is 1. The molecule has 1 aromatic heterocycles. The minimum atomic E-state index is -0.164.